The van der Waals surface area contributed by atoms with Gasteiger partial charge in [-0.1, -0.05) is 35.3 Å². The molecule has 0 radical (unpaired) electrons. The third-order valence-corrected chi connectivity index (χ3v) is 6.56. The summed E-state index contributed by atoms with van der Waals surface area (Å²) in [6, 6.07) is 11.2. The Kier molecular flexibility index (Phi) is 6.77. The molecule has 3 aromatic rings. The van der Waals surface area contributed by atoms with Gasteiger partial charge in [0.2, 0.25) is 11.7 Å². The molecule has 2 aromatic heterocycles. The predicted octanol–water partition coefficient (Wildman–Crippen LogP) is 4.68. The van der Waals surface area contributed by atoms with E-state index in [0.29, 0.717) is 34.6 Å². The zero-order chi connectivity index (χ0) is 23.5. The number of halogens is 2. The summed E-state index contributed by atoms with van der Waals surface area (Å²) in [5.41, 5.74) is 2.36. The molecule has 3 atom stereocenters. The van der Waals surface area contributed by atoms with Crippen molar-refractivity contribution in [3.8, 4) is 11.9 Å². The number of pyridine rings is 1. The van der Waals surface area contributed by atoms with Gasteiger partial charge in [-0.15, -0.1) is 0 Å². The van der Waals surface area contributed by atoms with Crippen LogP contribution < -0.4 is 4.74 Å². The Labute approximate surface area is 202 Å². The third-order valence-electron chi connectivity index (χ3n) is 5.82. The number of carbonyl (C=O) groups excluding carboxylic acids is 1. The van der Waals surface area contributed by atoms with Gasteiger partial charge in [-0.3, -0.25) is 4.79 Å². The Balaban J connectivity index is 1.60. The van der Waals surface area contributed by atoms with Crippen LogP contribution in [0.1, 0.15) is 40.2 Å². The van der Waals surface area contributed by atoms with Crippen molar-refractivity contribution in [2.45, 2.75) is 25.9 Å². The lowest BCUT2D eigenvalue weighted by Gasteiger charge is -2.25. The molecule has 0 saturated carbocycles. The van der Waals surface area contributed by atoms with Gasteiger partial charge >= 0.3 is 0 Å². The van der Waals surface area contributed by atoms with Crippen LogP contribution in [0.5, 0.6) is 5.88 Å². The van der Waals surface area contributed by atoms with E-state index in [2.05, 4.69) is 15.0 Å². The molecule has 4 rings (SSSR count). The summed E-state index contributed by atoms with van der Waals surface area (Å²) in [7, 11) is 0. The number of hydrogen-bond acceptors (Lipinski definition) is 6. The molecule has 1 fully saturated rings. The maximum absolute atomic E-state index is 13.2. The fourth-order valence-corrected chi connectivity index (χ4v) is 4.35. The molecule has 0 bridgehead atoms. The van der Waals surface area contributed by atoms with E-state index in [1.165, 1.54) is 12.4 Å². The number of benzene rings is 1. The van der Waals surface area contributed by atoms with Crippen LogP contribution in [0.2, 0.25) is 10.0 Å². The van der Waals surface area contributed by atoms with E-state index in [-0.39, 0.29) is 29.7 Å². The van der Waals surface area contributed by atoms with Crippen LogP contribution in [0, 0.1) is 24.2 Å². The Morgan fingerprint density at radius 1 is 1.12 bits per heavy atom. The van der Waals surface area contributed by atoms with Crippen molar-refractivity contribution in [1.29, 1.82) is 5.26 Å². The van der Waals surface area contributed by atoms with Crippen molar-refractivity contribution < 1.29 is 9.53 Å². The third kappa shape index (κ3) is 5.08. The van der Waals surface area contributed by atoms with Crippen molar-refractivity contribution in [2.24, 2.45) is 5.92 Å². The highest BCUT2D eigenvalue weighted by Crippen LogP contribution is 2.38. The summed E-state index contributed by atoms with van der Waals surface area (Å²) in [5.74, 6) is 0.309. The minimum atomic E-state index is -0.227. The molecule has 33 heavy (non-hydrogen) atoms. The van der Waals surface area contributed by atoms with E-state index in [1.54, 1.807) is 17.2 Å². The standard InChI is InChI=1S/C24H21Cl2N5O2/c1-14-3-6-23(30-9-14)33-15(2)18-12-31(24(32)17-10-28-22(8-27)29-11-17)13-19(18)16-4-5-20(25)21(26)7-16/h3-7,9-11,15,18-19H,12-13H2,1-2H3. The minimum absolute atomic E-state index is 0.0198. The number of ether oxygens (including phenoxy) is 1. The number of amides is 1. The molecule has 3 unspecified atom stereocenters. The van der Waals surface area contributed by atoms with Gasteiger partial charge in [-0.05, 0) is 37.1 Å². The van der Waals surface area contributed by atoms with Gasteiger partial charge < -0.3 is 9.64 Å². The molecular weight excluding hydrogens is 461 g/mol. The number of rotatable bonds is 5. The zero-order valence-corrected chi connectivity index (χ0v) is 19.6. The highest BCUT2D eigenvalue weighted by Gasteiger charge is 2.40. The highest BCUT2D eigenvalue weighted by molar-refractivity contribution is 6.42. The molecule has 1 aliphatic heterocycles. The predicted molar refractivity (Wildman–Crippen MR) is 124 cm³/mol. The molecule has 1 aromatic carbocycles. The van der Waals surface area contributed by atoms with Crippen LogP contribution in [0.4, 0.5) is 0 Å². The first kappa shape index (κ1) is 23.0. The Morgan fingerprint density at radius 2 is 1.88 bits per heavy atom. The maximum atomic E-state index is 13.2. The maximum Gasteiger partial charge on any atom is 0.257 e. The second-order valence-electron chi connectivity index (χ2n) is 8.06. The first-order chi connectivity index (χ1) is 15.9. The summed E-state index contributed by atoms with van der Waals surface area (Å²) >= 11 is 12.4. The molecular formula is C24H21Cl2N5O2. The monoisotopic (exact) mass is 481 g/mol. The smallest absolute Gasteiger partial charge is 0.257 e. The summed E-state index contributed by atoms with van der Waals surface area (Å²) in [5, 5.41) is 9.85. The average molecular weight is 482 g/mol. The van der Waals surface area contributed by atoms with E-state index < -0.39 is 0 Å². The Bertz CT molecular complexity index is 1190. The van der Waals surface area contributed by atoms with Crippen molar-refractivity contribution in [3.63, 3.8) is 0 Å². The van der Waals surface area contributed by atoms with Crippen molar-refractivity contribution in [3.05, 3.63) is 81.5 Å². The SMILES string of the molecule is Cc1ccc(OC(C)C2CN(C(=O)c3cnc(C#N)nc3)CC2c2ccc(Cl)c(Cl)c2)nc1. The van der Waals surface area contributed by atoms with Gasteiger partial charge in [0.05, 0.1) is 15.6 Å². The van der Waals surface area contributed by atoms with Gasteiger partial charge in [0.1, 0.15) is 12.2 Å². The van der Waals surface area contributed by atoms with E-state index in [1.807, 2.05) is 44.2 Å². The average Bonchev–Trinajstić information content (AvgIpc) is 3.27. The van der Waals surface area contributed by atoms with Gasteiger partial charge in [-0.2, -0.15) is 5.26 Å². The topological polar surface area (TPSA) is 92.0 Å². The molecule has 3 heterocycles. The lowest BCUT2D eigenvalue weighted by molar-refractivity contribution is 0.0769. The van der Waals surface area contributed by atoms with Gasteiger partial charge in [0.15, 0.2) is 0 Å². The normalized spacial score (nSPS) is 18.6. The van der Waals surface area contributed by atoms with Gasteiger partial charge in [-0.25, -0.2) is 15.0 Å². The molecule has 0 spiro atoms. The van der Waals surface area contributed by atoms with Crippen LogP contribution in [-0.2, 0) is 0 Å². The van der Waals surface area contributed by atoms with Crippen LogP contribution >= 0.6 is 23.2 Å². The molecule has 7 nitrogen and oxygen atoms in total. The highest BCUT2D eigenvalue weighted by atomic mass is 35.5. The molecule has 1 saturated heterocycles. The Morgan fingerprint density at radius 3 is 2.52 bits per heavy atom. The van der Waals surface area contributed by atoms with Gasteiger partial charge in [0.25, 0.3) is 5.91 Å². The largest absolute Gasteiger partial charge is 0.474 e. The van der Waals surface area contributed by atoms with Crippen LogP contribution in [0.25, 0.3) is 0 Å². The number of aryl methyl sites for hydroxylation is 1. The number of nitrogens with zero attached hydrogens (tertiary/aromatic N) is 5. The van der Waals surface area contributed by atoms with Crippen molar-refractivity contribution in [2.75, 3.05) is 13.1 Å². The van der Waals surface area contributed by atoms with Crippen LogP contribution in [0.15, 0.2) is 48.9 Å². The summed E-state index contributed by atoms with van der Waals surface area (Å²) in [6.07, 6.45) is 4.29. The van der Waals surface area contributed by atoms with E-state index >= 15 is 0 Å². The number of nitriles is 1. The first-order valence-corrected chi connectivity index (χ1v) is 11.2. The number of hydrogen-bond donors (Lipinski definition) is 0. The summed E-state index contributed by atoms with van der Waals surface area (Å²) in [6.45, 7) is 4.89. The molecule has 168 valence electrons. The van der Waals surface area contributed by atoms with Crippen molar-refractivity contribution >= 4 is 29.1 Å². The lowest BCUT2D eigenvalue weighted by Crippen LogP contribution is -2.32. The fraction of sp³-hybridized carbons (Fsp3) is 0.292. The Hall–Kier alpha value is -3.21. The molecule has 1 aliphatic rings. The van der Waals surface area contributed by atoms with Crippen molar-refractivity contribution in [1.82, 2.24) is 19.9 Å². The second kappa shape index (κ2) is 9.74. The quantitative estimate of drug-likeness (QED) is 0.525. The molecule has 0 aliphatic carbocycles. The minimum Gasteiger partial charge on any atom is -0.474 e. The van der Waals surface area contributed by atoms with E-state index in [0.717, 1.165) is 11.1 Å². The zero-order valence-electron chi connectivity index (χ0n) is 18.1. The van der Waals surface area contributed by atoms with E-state index in [9.17, 15) is 4.79 Å². The second-order valence-corrected chi connectivity index (χ2v) is 8.87. The summed E-state index contributed by atoms with van der Waals surface area (Å²) < 4.78 is 6.15. The van der Waals surface area contributed by atoms with E-state index in [4.69, 9.17) is 33.2 Å². The van der Waals surface area contributed by atoms with Gasteiger partial charge in [0, 0.05) is 49.6 Å². The molecule has 0 N–H and O–H groups in total. The number of likely N-dealkylation sites (tertiary alicyclic amines) is 1. The number of carbonyl (C=O) groups is 1. The number of aromatic nitrogens is 3. The molecule has 9 heteroatoms. The first-order valence-electron chi connectivity index (χ1n) is 10.4. The lowest BCUT2D eigenvalue weighted by atomic mass is 9.86. The fourth-order valence-electron chi connectivity index (χ4n) is 4.05. The van der Waals surface area contributed by atoms with Crippen LogP contribution in [-0.4, -0.2) is 45.0 Å². The molecule has 1 amide bonds. The van der Waals surface area contributed by atoms with Crippen LogP contribution in [0.3, 0.4) is 0 Å². The summed E-state index contributed by atoms with van der Waals surface area (Å²) in [4.78, 5) is 27.1.